The molecular formula is C36H44N6O11. The molecule has 4 rings (SSSR count). The number of hydrogen-bond donors (Lipinski definition) is 5. The molecule has 0 bridgehead atoms. The smallest absolute Gasteiger partial charge is 0.407 e. The van der Waals surface area contributed by atoms with Crippen LogP contribution >= 0.6 is 0 Å². The van der Waals surface area contributed by atoms with Crippen LogP contribution in [0.5, 0.6) is 0 Å². The number of aromatic carboxylic acids is 1. The summed E-state index contributed by atoms with van der Waals surface area (Å²) in [6.45, 7) is 3.84. The summed E-state index contributed by atoms with van der Waals surface area (Å²) in [5.74, 6) is -0.858. The second kappa shape index (κ2) is 20.4. The molecule has 0 fully saturated rings. The maximum Gasteiger partial charge on any atom is 0.407 e. The van der Waals surface area contributed by atoms with Crippen molar-refractivity contribution in [2.75, 3.05) is 79.1 Å². The van der Waals surface area contributed by atoms with Gasteiger partial charge < -0.3 is 59.8 Å². The summed E-state index contributed by atoms with van der Waals surface area (Å²) in [5, 5.41) is 30.4. The molecule has 1 aliphatic heterocycles. The first-order chi connectivity index (χ1) is 25.5. The molecule has 2 aromatic carbocycles. The minimum absolute atomic E-state index is 0.0281. The van der Waals surface area contributed by atoms with Gasteiger partial charge >= 0.3 is 24.4 Å². The number of nitrogens with zero attached hydrogens (tertiary/aromatic N) is 2. The lowest BCUT2D eigenvalue weighted by Gasteiger charge is -2.24. The van der Waals surface area contributed by atoms with Crippen LogP contribution in [0, 0.1) is 0 Å². The van der Waals surface area contributed by atoms with Crippen LogP contribution in [0.25, 0.3) is 33.4 Å². The van der Waals surface area contributed by atoms with E-state index in [1.54, 1.807) is 24.3 Å². The standard InChI is InChI=1S/C34H39N5O9.C2H5NO2/c1-5-38(14-17-45-32(42)35-2)22-10-12-26-28(20-22)48-29-21-23(39(15-18-46-33(43)36-3)16-19-47-34(44)37-4)11-13-27(29)30(26)24-8-6-7-9-25(24)31(40)41;1-3-2(4)5/h6-13,20-21H,5,14-19H2,1-4H3,(H3-,35,36,37,40,41,42,43,44);3H,1H3,(H,4,5). The highest BCUT2D eigenvalue weighted by Gasteiger charge is 2.22. The van der Waals surface area contributed by atoms with E-state index in [2.05, 4.69) is 16.0 Å². The number of nitrogens with one attached hydrogen (secondary N) is 4. The Labute approximate surface area is 305 Å². The topological polar surface area (TPSA) is 224 Å². The van der Waals surface area contributed by atoms with Crippen molar-refractivity contribution >= 4 is 47.0 Å². The van der Waals surface area contributed by atoms with Gasteiger partial charge in [0.1, 0.15) is 18.0 Å². The molecule has 5 N–H and O–H groups in total. The Morgan fingerprint density at radius 3 is 1.91 bits per heavy atom. The highest BCUT2D eigenvalue weighted by molar-refractivity contribution is 6.07. The third-order valence-electron chi connectivity index (χ3n) is 7.83. The predicted molar refractivity (Wildman–Crippen MR) is 194 cm³/mol. The monoisotopic (exact) mass is 736 g/mol. The van der Waals surface area contributed by atoms with Crippen molar-refractivity contribution in [2.45, 2.75) is 6.92 Å². The largest absolute Gasteiger partial charge is 0.545 e. The molecule has 0 radical (unpaired) electrons. The fourth-order valence-electron chi connectivity index (χ4n) is 5.23. The molecule has 0 aromatic heterocycles. The van der Waals surface area contributed by atoms with E-state index in [1.807, 2.05) is 52.0 Å². The van der Waals surface area contributed by atoms with E-state index >= 15 is 0 Å². The van der Waals surface area contributed by atoms with Crippen LogP contribution in [0.2, 0.25) is 0 Å². The number of carbonyl (C=O) groups excluding carboxylic acids is 4. The molecule has 17 heteroatoms. The number of carbonyl (C=O) groups is 5. The molecule has 0 unspecified atom stereocenters. The maximum absolute atomic E-state index is 12.2. The van der Waals surface area contributed by atoms with Crippen LogP contribution in [0.15, 0.2) is 65.1 Å². The summed E-state index contributed by atoms with van der Waals surface area (Å²) in [5.41, 5.74) is 3.09. The minimum Gasteiger partial charge on any atom is -0.545 e. The van der Waals surface area contributed by atoms with Crippen molar-refractivity contribution in [1.29, 1.82) is 0 Å². The SMILES string of the molecule is CCN(CCOC(=O)NC)c1ccc2c(-c3ccccc3C(=O)[O-])c3ccc(=[N+](CCOC(=O)NC)CCOC(=O)NC)cc-3oc2c1.CNC(=O)O. The molecule has 2 aromatic rings. The van der Waals surface area contributed by atoms with E-state index in [0.717, 1.165) is 5.69 Å². The first-order valence-electron chi connectivity index (χ1n) is 16.6. The molecule has 1 aliphatic carbocycles. The van der Waals surface area contributed by atoms with Crippen molar-refractivity contribution in [3.05, 3.63) is 71.6 Å². The summed E-state index contributed by atoms with van der Waals surface area (Å²) in [6.07, 6.45) is -2.67. The molecule has 0 saturated heterocycles. The van der Waals surface area contributed by atoms with Gasteiger partial charge in [0, 0.05) is 74.6 Å². The zero-order valence-corrected chi connectivity index (χ0v) is 30.1. The normalized spacial score (nSPS) is 10.3. The van der Waals surface area contributed by atoms with Crippen molar-refractivity contribution < 1.29 is 52.8 Å². The van der Waals surface area contributed by atoms with E-state index in [1.165, 1.54) is 34.3 Å². The fraction of sp³-hybridized carbons (Fsp3) is 0.333. The number of rotatable bonds is 13. The molecule has 53 heavy (non-hydrogen) atoms. The van der Waals surface area contributed by atoms with Gasteiger partial charge in [-0.1, -0.05) is 24.3 Å². The number of likely N-dealkylation sites (N-methyl/N-ethyl adjacent to an activating group) is 1. The number of ether oxygens (including phenoxy) is 3. The van der Waals surface area contributed by atoms with Gasteiger partial charge in [-0.15, -0.1) is 0 Å². The zero-order chi connectivity index (χ0) is 38.9. The van der Waals surface area contributed by atoms with Crippen LogP contribution in [0.3, 0.4) is 0 Å². The summed E-state index contributed by atoms with van der Waals surface area (Å²) in [7, 11) is 5.77. The molecule has 4 amide bonds. The van der Waals surface area contributed by atoms with Crippen molar-refractivity contribution in [3.63, 3.8) is 0 Å². The van der Waals surface area contributed by atoms with Gasteiger partial charge in [0.05, 0.1) is 18.6 Å². The van der Waals surface area contributed by atoms with E-state index < -0.39 is 30.3 Å². The third-order valence-corrected chi connectivity index (χ3v) is 7.83. The Bertz CT molecular complexity index is 1920. The number of carboxylic acid groups (broad SMARTS) is 2. The van der Waals surface area contributed by atoms with Gasteiger partial charge in [-0.25, -0.2) is 23.8 Å². The second-order valence-electron chi connectivity index (χ2n) is 11.0. The summed E-state index contributed by atoms with van der Waals surface area (Å²) >= 11 is 0. The second-order valence-corrected chi connectivity index (χ2v) is 11.0. The number of amides is 4. The Kier molecular flexibility index (Phi) is 15.7. The van der Waals surface area contributed by atoms with Gasteiger partial charge in [0.15, 0.2) is 26.3 Å². The van der Waals surface area contributed by atoms with Crippen molar-refractivity contribution in [2.24, 2.45) is 0 Å². The van der Waals surface area contributed by atoms with Gasteiger partial charge in [-0.05, 0) is 30.7 Å². The Hall–Kier alpha value is -6.52. The van der Waals surface area contributed by atoms with Crippen LogP contribution < -0.4 is 41.2 Å². The fourth-order valence-corrected chi connectivity index (χ4v) is 5.23. The number of carboxylic acids is 1. The lowest BCUT2D eigenvalue weighted by atomic mass is 9.90. The Balaban J connectivity index is 0.00000141. The molecule has 17 nitrogen and oxygen atoms in total. The van der Waals surface area contributed by atoms with Crippen LogP contribution in [-0.2, 0) is 14.2 Å². The van der Waals surface area contributed by atoms with Crippen LogP contribution in [0.1, 0.15) is 17.3 Å². The summed E-state index contributed by atoms with van der Waals surface area (Å²) < 4.78 is 24.0. The molecule has 2 aliphatic rings. The summed E-state index contributed by atoms with van der Waals surface area (Å²) in [4.78, 5) is 58.5. The van der Waals surface area contributed by atoms with Gasteiger partial charge in [-0.3, -0.25) is 0 Å². The highest BCUT2D eigenvalue weighted by Crippen LogP contribution is 2.41. The molecule has 0 saturated carbocycles. The van der Waals surface area contributed by atoms with Crippen LogP contribution in [0.4, 0.5) is 24.9 Å². The van der Waals surface area contributed by atoms with Gasteiger partial charge in [0.2, 0.25) is 5.36 Å². The predicted octanol–water partition coefficient (Wildman–Crippen LogP) is 2.12. The van der Waals surface area contributed by atoms with Crippen molar-refractivity contribution in [1.82, 2.24) is 25.8 Å². The van der Waals surface area contributed by atoms with Gasteiger partial charge in [0.25, 0.3) is 0 Å². The third kappa shape index (κ3) is 11.5. The quantitative estimate of drug-likeness (QED) is 0.0757. The molecular weight excluding hydrogens is 692 g/mol. The Morgan fingerprint density at radius 1 is 0.774 bits per heavy atom. The lowest BCUT2D eigenvalue weighted by Crippen LogP contribution is -2.37. The maximum atomic E-state index is 12.2. The van der Waals surface area contributed by atoms with Crippen LogP contribution in [-0.4, -0.2) is 110 Å². The number of anilines is 1. The van der Waals surface area contributed by atoms with Crippen molar-refractivity contribution in [3.8, 4) is 22.5 Å². The minimum atomic E-state index is -1.31. The molecule has 0 atom stereocenters. The molecule has 1 heterocycles. The Morgan fingerprint density at radius 2 is 1.36 bits per heavy atom. The van der Waals surface area contributed by atoms with E-state index in [9.17, 15) is 29.1 Å². The molecule has 0 spiro atoms. The van der Waals surface area contributed by atoms with E-state index in [4.69, 9.17) is 23.7 Å². The van der Waals surface area contributed by atoms with E-state index in [-0.39, 0.29) is 38.5 Å². The van der Waals surface area contributed by atoms with E-state index in [0.29, 0.717) is 51.9 Å². The number of benzene rings is 3. The first-order valence-corrected chi connectivity index (χ1v) is 16.6. The lowest BCUT2D eigenvalue weighted by molar-refractivity contribution is -0.254. The highest BCUT2D eigenvalue weighted by atomic mass is 16.6. The average Bonchev–Trinajstić information content (AvgIpc) is 3.17. The first kappa shape index (κ1) is 40.9. The number of alkyl carbamates (subject to hydrolysis) is 3. The zero-order valence-electron chi connectivity index (χ0n) is 30.1. The number of fused-ring (bicyclic) bond motifs is 2. The van der Waals surface area contributed by atoms with Gasteiger partial charge in [-0.2, -0.15) is 0 Å². The summed E-state index contributed by atoms with van der Waals surface area (Å²) in [6, 6.07) is 17.8. The number of hydrogen-bond acceptors (Lipinski definition) is 11. The molecule has 284 valence electrons. The average molecular weight is 737 g/mol.